The second kappa shape index (κ2) is 11.2. The zero-order valence-corrected chi connectivity index (χ0v) is 20.7. The van der Waals surface area contributed by atoms with Gasteiger partial charge in [0, 0.05) is 29.5 Å². The highest BCUT2D eigenvalue weighted by Crippen LogP contribution is 2.39. The van der Waals surface area contributed by atoms with Crippen LogP contribution < -0.4 is 19.5 Å². The van der Waals surface area contributed by atoms with E-state index in [4.69, 9.17) is 14.2 Å². The van der Waals surface area contributed by atoms with Crippen molar-refractivity contribution in [3.8, 4) is 28.6 Å². The lowest BCUT2D eigenvalue weighted by molar-refractivity contribution is 0.0953. The van der Waals surface area contributed by atoms with Crippen LogP contribution in [0, 0.1) is 5.82 Å². The topological polar surface area (TPSA) is 87.0 Å². The van der Waals surface area contributed by atoms with Crippen LogP contribution in [0.4, 0.5) is 4.39 Å². The summed E-state index contributed by atoms with van der Waals surface area (Å²) < 4.78 is 32.4. The zero-order valence-electron chi connectivity index (χ0n) is 19.8. The summed E-state index contributed by atoms with van der Waals surface area (Å²) in [5, 5.41) is 9.41. The van der Waals surface area contributed by atoms with Crippen molar-refractivity contribution in [3.05, 3.63) is 58.9 Å². The minimum absolute atomic E-state index is 0.250. The van der Waals surface area contributed by atoms with Crippen molar-refractivity contribution < 1.29 is 23.4 Å². The van der Waals surface area contributed by atoms with E-state index in [2.05, 4.69) is 15.4 Å². The number of benzene rings is 2. The Morgan fingerprint density at radius 3 is 2.43 bits per heavy atom. The molecule has 0 atom stereocenters. The van der Waals surface area contributed by atoms with E-state index in [1.165, 1.54) is 23.5 Å². The summed E-state index contributed by atoms with van der Waals surface area (Å²) in [5.41, 5.74) is 1.94. The first-order valence-corrected chi connectivity index (χ1v) is 12.4. The second-order valence-electron chi connectivity index (χ2n) is 7.47. The van der Waals surface area contributed by atoms with Crippen molar-refractivity contribution in [2.75, 3.05) is 26.4 Å². The predicted molar refractivity (Wildman–Crippen MR) is 132 cm³/mol. The molecule has 1 amide bonds. The maximum atomic E-state index is 13.6. The van der Waals surface area contributed by atoms with Crippen LogP contribution in [0.5, 0.6) is 17.2 Å². The molecule has 0 spiro atoms. The lowest BCUT2D eigenvalue weighted by atomic mass is 10.1. The van der Waals surface area contributed by atoms with Crippen molar-refractivity contribution in [3.63, 3.8) is 0 Å². The molecule has 0 saturated carbocycles. The molecule has 35 heavy (non-hydrogen) atoms. The first-order valence-electron chi connectivity index (χ1n) is 11.5. The van der Waals surface area contributed by atoms with Gasteiger partial charge in [0.25, 0.3) is 5.91 Å². The molecular weight excluding hydrogens is 471 g/mol. The van der Waals surface area contributed by atoms with Crippen LogP contribution in [-0.4, -0.2) is 46.9 Å². The average molecular weight is 499 g/mol. The Balaban J connectivity index is 1.47. The lowest BCUT2D eigenvalue weighted by Gasteiger charge is -2.17. The number of nitrogens with zero attached hydrogens (tertiary/aromatic N) is 3. The monoisotopic (exact) mass is 498 g/mol. The van der Waals surface area contributed by atoms with Crippen LogP contribution in [0.1, 0.15) is 36.8 Å². The van der Waals surface area contributed by atoms with E-state index in [1.54, 1.807) is 28.8 Å². The van der Waals surface area contributed by atoms with Crippen LogP contribution in [0.25, 0.3) is 16.3 Å². The molecule has 0 aliphatic rings. The van der Waals surface area contributed by atoms with Crippen molar-refractivity contribution in [2.45, 2.75) is 27.2 Å². The van der Waals surface area contributed by atoms with E-state index in [-0.39, 0.29) is 11.7 Å². The first-order chi connectivity index (χ1) is 17.0. The highest BCUT2D eigenvalue weighted by molar-refractivity contribution is 7.15. The van der Waals surface area contributed by atoms with Gasteiger partial charge in [0.15, 0.2) is 17.3 Å². The number of carbonyl (C=O) groups is 1. The van der Waals surface area contributed by atoms with E-state index in [0.29, 0.717) is 71.9 Å². The third-order valence-corrected chi connectivity index (χ3v) is 5.94. The summed E-state index contributed by atoms with van der Waals surface area (Å²) in [6.07, 6.45) is 0.547. The summed E-state index contributed by atoms with van der Waals surface area (Å²) in [6.45, 7) is 7.32. The van der Waals surface area contributed by atoms with Gasteiger partial charge in [-0.25, -0.2) is 8.91 Å². The summed E-state index contributed by atoms with van der Waals surface area (Å²) in [7, 11) is 0. The summed E-state index contributed by atoms with van der Waals surface area (Å²) in [4.78, 5) is 18.1. The smallest absolute Gasteiger partial charge is 0.251 e. The molecule has 4 aromatic rings. The minimum atomic E-state index is -0.335. The van der Waals surface area contributed by atoms with Gasteiger partial charge in [-0.05, 0) is 45.0 Å². The number of fused-ring (bicyclic) bond motifs is 1. The lowest BCUT2D eigenvalue weighted by Crippen LogP contribution is -2.26. The fourth-order valence-electron chi connectivity index (χ4n) is 3.57. The van der Waals surface area contributed by atoms with E-state index in [1.807, 2.05) is 26.2 Å². The van der Waals surface area contributed by atoms with Gasteiger partial charge >= 0.3 is 0 Å². The van der Waals surface area contributed by atoms with Gasteiger partial charge in [0.1, 0.15) is 5.82 Å². The quantitative estimate of drug-likeness (QED) is 0.321. The SMILES string of the molecule is CCOc1cc(C(=O)NCCc2csc3nc(-c4cccc(F)c4)nn23)cc(OCC)c1OCC. The molecule has 0 fully saturated rings. The number of thiazole rings is 1. The van der Waals surface area contributed by atoms with Crippen molar-refractivity contribution in [1.29, 1.82) is 0 Å². The summed E-state index contributed by atoms with van der Waals surface area (Å²) >= 11 is 1.45. The largest absolute Gasteiger partial charge is 0.490 e. The van der Waals surface area contributed by atoms with Crippen molar-refractivity contribution in [2.24, 2.45) is 0 Å². The van der Waals surface area contributed by atoms with Crippen molar-refractivity contribution in [1.82, 2.24) is 19.9 Å². The Kier molecular flexibility index (Phi) is 7.81. The number of aromatic nitrogens is 3. The summed E-state index contributed by atoms with van der Waals surface area (Å²) in [5.74, 6) is 1.31. The van der Waals surface area contributed by atoms with E-state index < -0.39 is 0 Å². The van der Waals surface area contributed by atoms with Crippen LogP contribution in [0.15, 0.2) is 41.8 Å². The Hall–Kier alpha value is -3.66. The molecule has 1 N–H and O–H groups in total. The van der Waals surface area contributed by atoms with Gasteiger partial charge in [-0.1, -0.05) is 12.1 Å². The van der Waals surface area contributed by atoms with E-state index in [0.717, 1.165) is 5.69 Å². The molecular formula is C25H27FN4O4S. The van der Waals surface area contributed by atoms with Crippen molar-refractivity contribution >= 4 is 22.2 Å². The second-order valence-corrected chi connectivity index (χ2v) is 8.31. The normalized spacial score (nSPS) is 11.0. The molecule has 4 rings (SSSR count). The molecule has 0 aliphatic heterocycles. The predicted octanol–water partition coefficient (Wildman–Crippen LogP) is 4.77. The number of amides is 1. The standard InChI is InChI=1S/C25H27FN4O4S/c1-4-32-20-13-17(14-21(33-5-2)22(20)34-6-3)24(31)27-11-10-19-15-35-25-28-23(29-30(19)25)16-8-7-9-18(26)12-16/h7-9,12-15H,4-6,10-11H2,1-3H3,(H,27,31). The zero-order chi connectivity index (χ0) is 24.8. The van der Waals surface area contributed by atoms with Gasteiger partial charge in [0.05, 0.1) is 25.5 Å². The fourth-order valence-corrected chi connectivity index (χ4v) is 4.43. The first kappa shape index (κ1) is 24.5. The third kappa shape index (κ3) is 5.54. The molecule has 2 heterocycles. The van der Waals surface area contributed by atoms with E-state index in [9.17, 15) is 9.18 Å². The van der Waals surface area contributed by atoms with Gasteiger partial charge in [-0.2, -0.15) is 4.98 Å². The number of hydrogen-bond donors (Lipinski definition) is 1. The van der Waals surface area contributed by atoms with Crippen LogP contribution >= 0.6 is 11.3 Å². The number of nitrogens with one attached hydrogen (secondary N) is 1. The minimum Gasteiger partial charge on any atom is -0.490 e. The Bertz CT molecular complexity index is 1290. The van der Waals surface area contributed by atoms with Gasteiger partial charge in [0.2, 0.25) is 10.7 Å². The van der Waals surface area contributed by atoms with E-state index >= 15 is 0 Å². The molecule has 184 valence electrons. The highest BCUT2D eigenvalue weighted by Gasteiger charge is 2.19. The third-order valence-electron chi connectivity index (χ3n) is 5.07. The Morgan fingerprint density at radius 2 is 1.77 bits per heavy atom. The maximum Gasteiger partial charge on any atom is 0.251 e. The number of ether oxygens (including phenoxy) is 3. The van der Waals surface area contributed by atoms with Crippen LogP contribution in [-0.2, 0) is 6.42 Å². The fraction of sp³-hybridized carbons (Fsp3) is 0.320. The molecule has 2 aromatic carbocycles. The van der Waals surface area contributed by atoms with Crippen LogP contribution in [0.2, 0.25) is 0 Å². The van der Waals surface area contributed by atoms with Gasteiger partial charge in [-0.15, -0.1) is 16.4 Å². The van der Waals surface area contributed by atoms with Gasteiger partial charge in [-0.3, -0.25) is 4.79 Å². The maximum absolute atomic E-state index is 13.6. The summed E-state index contributed by atoms with van der Waals surface area (Å²) in [6, 6.07) is 9.52. The molecule has 0 unspecified atom stereocenters. The number of carbonyl (C=O) groups excluding carboxylic acids is 1. The molecule has 2 aromatic heterocycles. The number of rotatable bonds is 11. The molecule has 8 nitrogen and oxygen atoms in total. The number of hydrogen-bond acceptors (Lipinski definition) is 7. The molecule has 10 heteroatoms. The number of halogens is 1. The average Bonchev–Trinajstić information content (AvgIpc) is 3.43. The molecule has 0 bridgehead atoms. The highest BCUT2D eigenvalue weighted by atomic mass is 32.1. The molecule has 0 radical (unpaired) electrons. The Morgan fingerprint density at radius 1 is 1.06 bits per heavy atom. The Labute approximate surface area is 206 Å². The molecule has 0 aliphatic carbocycles. The van der Waals surface area contributed by atoms with Crippen LogP contribution in [0.3, 0.4) is 0 Å². The van der Waals surface area contributed by atoms with Gasteiger partial charge < -0.3 is 19.5 Å². The molecule has 0 saturated heterocycles.